The first-order chi connectivity index (χ1) is 7.24. The Hall–Kier alpha value is -1.84. The number of aryl methyl sites for hydroxylation is 1. The van der Waals surface area contributed by atoms with E-state index in [4.69, 9.17) is 0 Å². The number of amides is 1. The van der Waals surface area contributed by atoms with Gasteiger partial charge in [0.25, 0.3) is 5.91 Å². The Morgan fingerprint density at radius 2 is 2.27 bits per heavy atom. The molecule has 0 spiro atoms. The molecule has 15 heavy (non-hydrogen) atoms. The van der Waals surface area contributed by atoms with Crippen LogP contribution in [0.3, 0.4) is 0 Å². The third-order valence-corrected chi connectivity index (χ3v) is 2.60. The molecule has 4 heteroatoms. The van der Waals surface area contributed by atoms with Gasteiger partial charge in [0.2, 0.25) is 0 Å². The van der Waals surface area contributed by atoms with E-state index >= 15 is 0 Å². The van der Waals surface area contributed by atoms with E-state index in [9.17, 15) is 9.59 Å². The third-order valence-electron chi connectivity index (χ3n) is 2.60. The van der Waals surface area contributed by atoms with Gasteiger partial charge >= 0.3 is 6.47 Å². The molecule has 0 aliphatic carbocycles. The summed E-state index contributed by atoms with van der Waals surface area (Å²) in [7, 11) is 0. The summed E-state index contributed by atoms with van der Waals surface area (Å²) in [5.74, 6) is -0.243. The van der Waals surface area contributed by atoms with Gasteiger partial charge in [0, 0.05) is 5.56 Å². The lowest BCUT2D eigenvalue weighted by Gasteiger charge is -2.26. The average Bonchev–Trinajstić information content (AvgIpc) is 2.23. The molecule has 4 nitrogen and oxygen atoms in total. The maximum atomic E-state index is 11.8. The Morgan fingerprint density at radius 3 is 3.00 bits per heavy atom. The Balaban J connectivity index is 2.38. The van der Waals surface area contributed by atoms with Crippen molar-refractivity contribution in [3.05, 3.63) is 34.9 Å². The summed E-state index contributed by atoms with van der Waals surface area (Å²) in [6.07, 6.45) is 0.724. The summed E-state index contributed by atoms with van der Waals surface area (Å²) in [6.45, 7) is 2.68. The molecule has 0 saturated heterocycles. The Labute approximate surface area is 87.4 Å². The predicted molar refractivity (Wildman–Crippen MR) is 53.1 cm³/mol. The molecule has 1 aromatic rings. The van der Waals surface area contributed by atoms with Gasteiger partial charge in [-0.2, -0.15) is 5.06 Å². The standard InChI is InChI=1S/C11H11NO3/c1-8-3-2-4-10-9(8)5-6-12(11(10)14)15-7-13/h2-4,7H,5-6H2,1H3. The number of rotatable bonds is 2. The minimum absolute atomic E-state index is 0.243. The second-order valence-electron chi connectivity index (χ2n) is 3.46. The summed E-state index contributed by atoms with van der Waals surface area (Å²) in [4.78, 5) is 26.6. The first-order valence-corrected chi connectivity index (χ1v) is 4.75. The monoisotopic (exact) mass is 205 g/mol. The number of hydroxylamine groups is 2. The summed E-state index contributed by atoms with van der Waals surface area (Å²) in [5, 5.41) is 1.09. The van der Waals surface area contributed by atoms with E-state index < -0.39 is 0 Å². The lowest BCUT2D eigenvalue weighted by Crippen LogP contribution is -2.37. The van der Waals surface area contributed by atoms with Gasteiger partial charge in [-0.25, -0.2) is 0 Å². The molecule has 1 aromatic carbocycles. The van der Waals surface area contributed by atoms with Gasteiger partial charge in [-0.05, 0) is 30.5 Å². The van der Waals surface area contributed by atoms with Crippen molar-refractivity contribution in [2.45, 2.75) is 13.3 Å². The Bertz CT molecular complexity index is 414. The molecule has 1 amide bonds. The van der Waals surface area contributed by atoms with Crippen LogP contribution in [-0.4, -0.2) is 24.0 Å². The van der Waals surface area contributed by atoms with Crippen molar-refractivity contribution < 1.29 is 14.4 Å². The van der Waals surface area contributed by atoms with Gasteiger partial charge in [-0.1, -0.05) is 12.1 Å². The molecule has 1 heterocycles. The summed E-state index contributed by atoms with van der Waals surface area (Å²) >= 11 is 0. The molecule has 2 rings (SSSR count). The molecule has 0 aromatic heterocycles. The van der Waals surface area contributed by atoms with Crippen molar-refractivity contribution in [2.75, 3.05) is 6.54 Å². The van der Waals surface area contributed by atoms with Gasteiger partial charge in [-0.15, -0.1) is 0 Å². The van der Waals surface area contributed by atoms with Gasteiger partial charge in [-0.3, -0.25) is 9.59 Å². The van der Waals surface area contributed by atoms with E-state index in [2.05, 4.69) is 4.84 Å². The van der Waals surface area contributed by atoms with E-state index in [1.165, 1.54) is 0 Å². The summed E-state index contributed by atoms with van der Waals surface area (Å²) in [5.41, 5.74) is 2.78. The number of carbonyl (C=O) groups excluding carboxylic acids is 2. The van der Waals surface area contributed by atoms with Crippen molar-refractivity contribution in [1.29, 1.82) is 0 Å². The van der Waals surface area contributed by atoms with Crippen LogP contribution in [0.2, 0.25) is 0 Å². The van der Waals surface area contributed by atoms with Crippen LogP contribution < -0.4 is 0 Å². The lowest BCUT2D eigenvalue weighted by atomic mass is 9.96. The summed E-state index contributed by atoms with van der Waals surface area (Å²) in [6, 6.07) is 5.56. The zero-order valence-corrected chi connectivity index (χ0v) is 8.40. The number of hydrogen-bond acceptors (Lipinski definition) is 3. The first-order valence-electron chi connectivity index (χ1n) is 4.75. The number of hydrogen-bond donors (Lipinski definition) is 0. The van der Waals surface area contributed by atoms with Crippen LogP contribution in [0.1, 0.15) is 21.5 Å². The normalized spacial score (nSPS) is 14.7. The fraction of sp³-hybridized carbons (Fsp3) is 0.273. The molecule has 0 fully saturated rings. The molecule has 0 bridgehead atoms. The average molecular weight is 205 g/mol. The highest BCUT2D eigenvalue weighted by Gasteiger charge is 2.26. The Morgan fingerprint density at radius 1 is 1.47 bits per heavy atom. The summed E-state index contributed by atoms with van der Waals surface area (Å²) < 4.78 is 0. The van der Waals surface area contributed by atoms with Crippen LogP contribution in [0.5, 0.6) is 0 Å². The number of nitrogens with zero attached hydrogens (tertiary/aromatic N) is 1. The smallest absolute Gasteiger partial charge is 0.320 e. The molecule has 0 atom stereocenters. The quantitative estimate of drug-likeness (QED) is 0.679. The van der Waals surface area contributed by atoms with E-state index in [-0.39, 0.29) is 12.4 Å². The Kier molecular flexibility index (Phi) is 2.41. The minimum atomic E-state index is -0.243. The largest absolute Gasteiger partial charge is 0.341 e. The van der Waals surface area contributed by atoms with E-state index in [0.717, 1.165) is 22.6 Å². The molecule has 1 aliphatic rings. The second-order valence-corrected chi connectivity index (χ2v) is 3.46. The molecule has 78 valence electrons. The fourth-order valence-electron chi connectivity index (χ4n) is 1.84. The molecule has 0 N–H and O–H groups in total. The van der Waals surface area contributed by atoms with Crippen LogP contribution >= 0.6 is 0 Å². The lowest BCUT2D eigenvalue weighted by molar-refractivity contribution is -0.161. The number of benzene rings is 1. The number of fused-ring (bicyclic) bond motifs is 1. The maximum Gasteiger partial charge on any atom is 0.320 e. The number of carbonyl (C=O) groups is 2. The minimum Gasteiger partial charge on any atom is -0.341 e. The zero-order chi connectivity index (χ0) is 10.8. The van der Waals surface area contributed by atoms with Crippen LogP contribution in [-0.2, 0) is 16.1 Å². The van der Waals surface area contributed by atoms with Gasteiger partial charge < -0.3 is 4.84 Å². The van der Waals surface area contributed by atoms with Crippen LogP contribution in [0.15, 0.2) is 18.2 Å². The van der Waals surface area contributed by atoms with Gasteiger partial charge in [0.05, 0.1) is 6.54 Å². The molecule has 0 saturated carbocycles. The molecule has 0 radical (unpaired) electrons. The van der Waals surface area contributed by atoms with E-state index in [1.807, 2.05) is 19.1 Å². The topological polar surface area (TPSA) is 46.6 Å². The molecular weight excluding hydrogens is 194 g/mol. The highest BCUT2D eigenvalue weighted by atomic mass is 16.7. The third kappa shape index (κ3) is 1.58. The van der Waals surface area contributed by atoms with E-state index in [0.29, 0.717) is 12.1 Å². The molecule has 0 unspecified atom stereocenters. The fourth-order valence-corrected chi connectivity index (χ4v) is 1.84. The van der Waals surface area contributed by atoms with Gasteiger partial charge in [0.1, 0.15) is 0 Å². The molecular formula is C11H11NO3. The van der Waals surface area contributed by atoms with Crippen molar-refractivity contribution in [3.63, 3.8) is 0 Å². The maximum absolute atomic E-state index is 11.8. The second kappa shape index (κ2) is 3.73. The van der Waals surface area contributed by atoms with Crippen LogP contribution in [0.25, 0.3) is 0 Å². The molecule has 1 aliphatic heterocycles. The predicted octanol–water partition coefficient (Wildman–Crippen LogP) is 1.08. The highest BCUT2D eigenvalue weighted by Crippen LogP contribution is 2.21. The van der Waals surface area contributed by atoms with Crippen molar-refractivity contribution in [1.82, 2.24) is 5.06 Å². The zero-order valence-electron chi connectivity index (χ0n) is 8.40. The SMILES string of the molecule is Cc1cccc2c1CCN(OC=O)C2=O. The van der Waals surface area contributed by atoms with Crippen molar-refractivity contribution >= 4 is 12.4 Å². The van der Waals surface area contributed by atoms with Crippen LogP contribution in [0, 0.1) is 6.92 Å². The highest BCUT2D eigenvalue weighted by molar-refractivity contribution is 5.96. The first kappa shape index (κ1) is 9.71. The van der Waals surface area contributed by atoms with Crippen molar-refractivity contribution in [2.24, 2.45) is 0 Å². The van der Waals surface area contributed by atoms with Gasteiger partial charge in [0.15, 0.2) is 0 Å². The van der Waals surface area contributed by atoms with Crippen LogP contribution in [0.4, 0.5) is 0 Å². The van der Waals surface area contributed by atoms with E-state index in [1.54, 1.807) is 6.07 Å². The van der Waals surface area contributed by atoms with Crippen molar-refractivity contribution in [3.8, 4) is 0 Å².